The molecule has 1 aromatic heterocycles. The molecule has 1 unspecified atom stereocenters. The van der Waals surface area contributed by atoms with Gasteiger partial charge in [-0.1, -0.05) is 148 Å². The van der Waals surface area contributed by atoms with Gasteiger partial charge in [0.25, 0.3) is 10.1 Å². The molecule has 3 aromatic carbocycles. The van der Waals surface area contributed by atoms with E-state index in [9.17, 15) is 13.5 Å². The number of aromatic nitrogens is 3. The van der Waals surface area contributed by atoms with Gasteiger partial charge >= 0.3 is 0 Å². The SMILES string of the molecule is Cc1ccc(S(=O)(=O)OC(O)c2ccccc2)cc1.ClC(Cl)(Cl)c1nc(-c2ccccc2)nc(C(Cl)(Cl)Cl)n1. The molecular weight excluding hydrogens is 651 g/mol. The monoisotopic (exact) mass is 667 g/mol. The standard InChI is InChI=1S/C14H14O4S.C11H5Cl6N3/c1-11-7-9-13(10-8-11)19(16,17)18-14(15)12-5-3-2-4-6-12;12-10(13,14)8-18-7(6-4-2-1-3-5-6)19-9(20-8)11(15,16)17/h2-10,14-15H,1H3;1-5H. The molecule has 7 nitrogen and oxygen atoms in total. The predicted molar refractivity (Wildman–Crippen MR) is 155 cm³/mol. The number of benzene rings is 3. The summed E-state index contributed by atoms with van der Waals surface area (Å²) in [6, 6.07) is 23.6. The van der Waals surface area contributed by atoms with Crippen molar-refractivity contribution in [3.63, 3.8) is 0 Å². The third-order valence-electron chi connectivity index (χ3n) is 4.79. The number of aliphatic hydroxyl groups is 1. The second-order valence-corrected chi connectivity index (χ2v) is 13.9. The highest BCUT2D eigenvalue weighted by Crippen LogP contribution is 2.40. The van der Waals surface area contributed by atoms with Crippen LogP contribution in [-0.4, -0.2) is 28.5 Å². The first-order chi connectivity index (χ1) is 18.2. The van der Waals surface area contributed by atoms with Crippen LogP contribution in [0.1, 0.15) is 29.1 Å². The molecule has 0 saturated heterocycles. The summed E-state index contributed by atoms with van der Waals surface area (Å²) in [7, 11) is -3.97. The molecule has 0 aliphatic heterocycles. The number of nitrogens with zero attached hydrogens (tertiary/aromatic N) is 3. The second-order valence-electron chi connectivity index (χ2n) is 7.79. The predicted octanol–water partition coefficient (Wildman–Crippen LogP) is 7.58. The Hall–Kier alpha value is -1.72. The molecule has 39 heavy (non-hydrogen) atoms. The van der Waals surface area contributed by atoms with Crippen molar-refractivity contribution in [1.82, 2.24) is 15.0 Å². The van der Waals surface area contributed by atoms with Crippen LogP contribution in [0.15, 0.2) is 89.8 Å². The number of hydrogen-bond acceptors (Lipinski definition) is 7. The van der Waals surface area contributed by atoms with Crippen LogP contribution in [0.5, 0.6) is 0 Å². The highest BCUT2D eigenvalue weighted by molar-refractivity contribution is 7.86. The third kappa shape index (κ3) is 9.42. The molecule has 1 heterocycles. The van der Waals surface area contributed by atoms with Gasteiger partial charge in [-0.3, -0.25) is 0 Å². The molecule has 0 aliphatic carbocycles. The van der Waals surface area contributed by atoms with E-state index in [2.05, 4.69) is 15.0 Å². The fourth-order valence-electron chi connectivity index (χ4n) is 2.90. The van der Waals surface area contributed by atoms with Crippen LogP contribution >= 0.6 is 69.6 Å². The Balaban J connectivity index is 0.000000216. The molecule has 206 valence electrons. The zero-order valence-electron chi connectivity index (χ0n) is 19.8. The van der Waals surface area contributed by atoms with Gasteiger partial charge in [0.2, 0.25) is 7.59 Å². The average molecular weight is 670 g/mol. The first-order valence-electron chi connectivity index (χ1n) is 10.9. The summed E-state index contributed by atoms with van der Waals surface area (Å²) in [4.78, 5) is 12.1. The summed E-state index contributed by atoms with van der Waals surface area (Å²) in [6.07, 6.45) is -1.51. The molecule has 0 saturated carbocycles. The van der Waals surface area contributed by atoms with Gasteiger partial charge in [0, 0.05) is 11.1 Å². The Kier molecular flexibility index (Phi) is 10.8. The Morgan fingerprint density at radius 1 is 0.718 bits per heavy atom. The lowest BCUT2D eigenvalue weighted by Gasteiger charge is -2.15. The van der Waals surface area contributed by atoms with Crippen molar-refractivity contribution in [1.29, 1.82) is 0 Å². The van der Waals surface area contributed by atoms with Crippen molar-refractivity contribution in [3.05, 3.63) is 108 Å². The number of alkyl halides is 6. The van der Waals surface area contributed by atoms with E-state index in [4.69, 9.17) is 73.8 Å². The van der Waals surface area contributed by atoms with Crippen molar-refractivity contribution >= 4 is 79.7 Å². The van der Waals surface area contributed by atoms with Gasteiger partial charge in [0.05, 0.1) is 4.90 Å². The summed E-state index contributed by atoms with van der Waals surface area (Å²) < 4.78 is 25.0. The molecule has 0 spiro atoms. The zero-order valence-corrected chi connectivity index (χ0v) is 25.2. The minimum atomic E-state index is -3.97. The summed E-state index contributed by atoms with van der Waals surface area (Å²) in [5, 5.41) is 9.77. The Morgan fingerprint density at radius 3 is 1.64 bits per heavy atom. The summed E-state index contributed by atoms with van der Waals surface area (Å²) in [6.45, 7) is 1.86. The van der Waals surface area contributed by atoms with E-state index in [1.54, 1.807) is 54.6 Å². The van der Waals surface area contributed by atoms with Gasteiger partial charge in [-0.25, -0.2) is 19.1 Å². The van der Waals surface area contributed by atoms with Crippen molar-refractivity contribution in [2.24, 2.45) is 0 Å². The van der Waals surface area contributed by atoms with E-state index in [1.807, 2.05) is 25.1 Å². The maximum absolute atomic E-state index is 11.9. The van der Waals surface area contributed by atoms with Crippen molar-refractivity contribution < 1.29 is 17.7 Å². The molecule has 14 heteroatoms. The minimum Gasteiger partial charge on any atom is -0.363 e. The highest BCUT2D eigenvalue weighted by atomic mass is 35.6. The van der Waals surface area contributed by atoms with E-state index in [0.29, 0.717) is 11.1 Å². The normalized spacial score (nSPS) is 12.8. The quantitative estimate of drug-likeness (QED) is 0.133. The van der Waals surface area contributed by atoms with E-state index in [1.165, 1.54) is 12.1 Å². The zero-order chi connectivity index (χ0) is 28.8. The maximum Gasteiger partial charge on any atom is 0.299 e. The number of aryl methyl sites for hydroxylation is 1. The Morgan fingerprint density at radius 2 is 1.18 bits per heavy atom. The van der Waals surface area contributed by atoms with E-state index in [-0.39, 0.29) is 22.4 Å². The summed E-state index contributed by atoms with van der Waals surface area (Å²) >= 11 is 34.7. The van der Waals surface area contributed by atoms with Gasteiger partial charge in [0.1, 0.15) is 0 Å². The number of rotatable bonds is 5. The van der Waals surface area contributed by atoms with Crippen molar-refractivity contribution in [2.45, 2.75) is 25.7 Å². The highest BCUT2D eigenvalue weighted by Gasteiger charge is 2.34. The van der Waals surface area contributed by atoms with Crippen LogP contribution in [0.4, 0.5) is 0 Å². The first-order valence-corrected chi connectivity index (χ1v) is 14.5. The van der Waals surface area contributed by atoms with E-state index in [0.717, 1.165) is 5.56 Å². The fourth-order valence-corrected chi connectivity index (χ4v) is 4.34. The van der Waals surface area contributed by atoms with Crippen LogP contribution in [0.25, 0.3) is 11.4 Å². The Labute approximate surface area is 255 Å². The van der Waals surface area contributed by atoms with Crippen LogP contribution in [0, 0.1) is 6.92 Å². The van der Waals surface area contributed by atoms with Crippen LogP contribution < -0.4 is 0 Å². The molecule has 0 bridgehead atoms. The van der Waals surface area contributed by atoms with Gasteiger partial charge in [0.15, 0.2) is 23.8 Å². The molecule has 1 atom stereocenters. The molecule has 4 rings (SSSR count). The topological polar surface area (TPSA) is 102 Å². The number of halogens is 6. The maximum atomic E-state index is 11.9. The minimum absolute atomic E-state index is 0.0214. The van der Waals surface area contributed by atoms with Crippen LogP contribution in [0.3, 0.4) is 0 Å². The molecule has 0 radical (unpaired) electrons. The molecule has 1 N–H and O–H groups in total. The van der Waals surface area contributed by atoms with Gasteiger partial charge in [-0.05, 0) is 19.1 Å². The van der Waals surface area contributed by atoms with Crippen molar-refractivity contribution in [2.75, 3.05) is 0 Å². The van der Waals surface area contributed by atoms with E-state index >= 15 is 0 Å². The first kappa shape index (κ1) is 31.8. The molecule has 0 amide bonds. The average Bonchev–Trinajstić information content (AvgIpc) is 2.89. The lowest BCUT2D eigenvalue weighted by molar-refractivity contribution is -0.0138. The van der Waals surface area contributed by atoms with Gasteiger partial charge in [-0.2, -0.15) is 8.42 Å². The number of aliphatic hydroxyl groups excluding tert-OH is 1. The Bertz CT molecular complexity index is 1450. The molecular formula is C25H19Cl6N3O4S. The van der Waals surface area contributed by atoms with Crippen molar-refractivity contribution in [3.8, 4) is 11.4 Å². The van der Waals surface area contributed by atoms with E-state index < -0.39 is 24.0 Å². The smallest absolute Gasteiger partial charge is 0.299 e. The molecule has 0 fully saturated rings. The summed E-state index contributed by atoms with van der Waals surface area (Å²) in [5.41, 5.74) is 2.02. The van der Waals surface area contributed by atoms with Gasteiger partial charge in [-0.15, -0.1) is 0 Å². The molecule has 0 aliphatic rings. The second kappa shape index (κ2) is 13.3. The number of hydrogen-bond donors (Lipinski definition) is 1. The summed E-state index contributed by atoms with van der Waals surface area (Å²) in [5.74, 6) is 0.0265. The third-order valence-corrected chi connectivity index (χ3v) is 7.09. The lowest BCUT2D eigenvalue weighted by Crippen LogP contribution is -2.16. The molecule has 4 aromatic rings. The fraction of sp³-hybridized carbons (Fsp3) is 0.160. The lowest BCUT2D eigenvalue weighted by atomic mass is 10.2. The van der Waals surface area contributed by atoms with Crippen LogP contribution in [-0.2, 0) is 21.9 Å². The van der Waals surface area contributed by atoms with Gasteiger partial charge < -0.3 is 5.11 Å². The largest absolute Gasteiger partial charge is 0.363 e. The van der Waals surface area contributed by atoms with Crippen LogP contribution in [0.2, 0.25) is 0 Å².